The van der Waals surface area contributed by atoms with Crippen LogP contribution >= 0.6 is 0 Å². The van der Waals surface area contributed by atoms with Gasteiger partial charge in [0.1, 0.15) is 11.5 Å². The third-order valence-electron chi connectivity index (χ3n) is 2.55. The quantitative estimate of drug-likeness (QED) is 0.861. The van der Waals surface area contributed by atoms with Gasteiger partial charge in [-0.2, -0.15) is 0 Å². The molecule has 0 spiro atoms. The third-order valence-corrected chi connectivity index (χ3v) is 2.55. The molecule has 0 radical (unpaired) electrons. The number of benzene rings is 1. The van der Waals surface area contributed by atoms with Crippen LogP contribution in [0.3, 0.4) is 0 Å². The molecular weight excluding hydrogens is 262 g/mol. The Morgan fingerprint density at radius 1 is 1.15 bits per heavy atom. The first-order valence-corrected chi connectivity index (χ1v) is 5.70. The van der Waals surface area contributed by atoms with Crippen molar-refractivity contribution in [2.45, 2.75) is 0 Å². The Labute approximate surface area is 115 Å². The van der Waals surface area contributed by atoms with E-state index in [9.17, 15) is 4.79 Å². The molecule has 0 bridgehead atoms. The lowest BCUT2D eigenvalue weighted by atomic mass is 10.2. The molecule has 1 aromatic carbocycles. The van der Waals surface area contributed by atoms with Crippen molar-refractivity contribution in [3.8, 4) is 11.5 Å². The molecule has 0 unspecified atom stereocenters. The van der Waals surface area contributed by atoms with Gasteiger partial charge in [-0.05, 0) is 24.3 Å². The summed E-state index contributed by atoms with van der Waals surface area (Å²) in [5.41, 5.74) is 0.525. The van der Waals surface area contributed by atoms with E-state index in [-0.39, 0.29) is 5.69 Å². The number of rotatable bonds is 5. The van der Waals surface area contributed by atoms with Crippen LogP contribution in [0.4, 0.5) is 11.5 Å². The van der Waals surface area contributed by atoms with E-state index in [0.29, 0.717) is 23.0 Å². The minimum Gasteiger partial charge on any atom is -0.497 e. The number of carboxylic acid groups (broad SMARTS) is 1. The molecule has 20 heavy (non-hydrogen) atoms. The van der Waals surface area contributed by atoms with E-state index in [1.165, 1.54) is 12.1 Å². The average molecular weight is 275 g/mol. The van der Waals surface area contributed by atoms with Crippen molar-refractivity contribution in [1.29, 1.82) is 0 Å². The molecule has 0 aliphatic carbocycles. The summed E-state index contributed by atoms with van der Waals surface area (Å²) in [6, 6.07) is 8.15. The zero-order chi connectivity index (χ0) is 14.5. The molecule has 2 aromatic rings. The van der Waals surface area contributed by atoms with Crippen LogP contribution in [-0.2, 0) is 0 Å². The van der Waals surface area contributed by atoms with E-state index >= 15 is 0 Å². The van der Waals surface area contributed by atoms with Gasteiger partial charge in [0.25, 0.3) is 0 Å². The van der Waals surface area contributed by atoms with Crippen LogP contribution < -0.4 is 14.8 Å². The number of ether oxygens (including phenoxy) is 2. The number of carboxylic acids is 1. The molecule has 0 atom stereocenters. The van der Waals surface area contributed by atoms with E-state index in [4.69, 9.17) is 14.6 Å². The fraction of sp³-hybridized carbons (Fsp3) is 0.154. The fourth-order valence-electron chi connectivity index (χ4n) is 1.56. The van der Waals surface area contributed by atoms with Gasteiger partial charge in [-0.1, -0.05) is 0 Å². The molecule has 0 amide bonds. The summed E-state index contributed by atoms with van der Waals surface area (Å²) >= 11 is 0. The lowest BCUT2D eigenvalue weighted by Gasteiger charge is -2.11. The SMILES string of the molecule is COc1ccc(OC)c(Nc2ccc(C(=O)O)nn2)c1. The highest BCUT2D eigenvalue weighted by molar-refractivity contribution is 5.85. The lowest BCUT2D eigenvalue weighted by Crippen LogP contribution is -2.04. The van der Waals surface area contributed by atoms with Gasteiger partial charge in [-0.25, -0.2) is 4.79 Å². The summed E-state index contributed by atoms with van der Waals surface area (Å²) in [6.45, 7) is 0. The Bertz CT molecular complexity index is 614. The molecule has 2 N–H and O–H groups in total. The van der Waals surface area contributed by atoms with Crippen LogP contribution in [0.25, 0.3) is 0 Å². The van der Waals surface area contributed by atoms with Crippen molar-refractivity contribution in [2.75, 3.05) is 19.5 Å². The second-order valence-electron chi connectivity index (χ2n) is 3.80. The number of aromatic carboxylic acids is 1. The third kappa shape index (κ3) is 2.94. The van der Waals surface area contributed by atoms with Crippen LogP contribution in [0.2, 0.25) is 0 Å². The number of methoxy groups -OCH3 is 2. The smallest absolute Gasteiger partial charge is 0.356 e. The summed E-state index contributed by atoms with van der Waals surface area (Å²) < 4.78 is 10.4. The van der Waals surface area contributed by atoms with Gasteiger partial charge in [0.2, 0.25) is 0 Å². The van der Waals surface area contributed by atoms with E-state index < -0.39 is 5.97 Å². The van der Waals surface area contributed by atoms with Crippen molar-refractivity contribution >= 4 is 17.5 Å². The van der Waals surface area contributed by atoms with E-state index in [1.54, 1.807) is 32.4 Å². The Balaban J connectivity index is 2.26. The predicted octanol–water partition coefficient (Wildman–Crippen LogP) is 1.94. The van der Waals surface area contributed by atoms with Crippen LogP contribution in [0.15, 0.2) is 30.3 Å². The Morgan fingerprint density at radius 3 is 2.50 bits per heavy atom. The second-order valence-corrected chi connectivity index (χ2v) is 3.80. The van der Waals surface area contributed by atoms with Crippen LogP contribution in [0, 0.1) is 0 Å². The van der Waals surface area contributed by atoms with Gasteiger partial charge in [0.05, 0.1) is 19.9 Å². The minimum absolute atomic E-state index is 0.117. The maximum absolute atomic E-state index is 10.7. The molecule has 0 aliphatic rings. The normalized spacial score (nSPS) is 9.90. The van der Waals surface area contributed by atoms with E-state index in [0.717, 1.165) is 0 Å². The standard InChI is InChI=1S/C13H13N3O4/c1-19-8-3-5-11(20-2)10(7-8)14-12-6-4-9(13(17)18)15-16-12/h3-7H,1-2H3,(H,14,16)(H,17,18). The summed E-state index contributed by atoms with van der Waals surface area (Å²) in [7, 11) is 3.11. The maximum Gasteiger partial charge on any atom is 0.356 e. The number of carbonyl (C=O) groups is 1. The van der Waals surface area contributed by atoms with E-state index in [1.807, 2.05) is 0 Å². The van der Waals surface area contributed by atoms with Crippen molar-refractivity contribution in [3.63, 3.8) is 0 Å². The van der Waals surface area contributed by atoms with Gasteiger partial charge < -0.3 is 19.9 Å². The maximum atomic E-state index is 10.7. The zero-order valence-corrected chi connectivity index (χ0v) is 11.0. The van der Waals surface area contributed by atoms with Crippen molar-refractivity contribution in [1.82, 2.24) is 10.2 Å². The first kappa shape index (κ1) is 13.6. The summed E-state index contributed by atoms with van der Waals surface area (Å²) in [4.78, 5) is 10.7. The number of anilines is 2. The molecule has 0 fully saturated rings. The molecule has 7 nitrogen and oxygen atoms in total. The summed E-state index contributed by atoms with van der Waals surface area (Å²) in [6.07, 6.45) is 0. The van der Waals surface area contributed by atoms with Gasteiger partial charge in [-0.3, -0.25) is 0 Å². The minimum atomic E-state index is -1.12. The van der Waals surface area contributed by atoms with Crippen LogP contribution in [-0.4, -0.2) is 35.5 Å². The number of hydrogen-bond acceptors (Lipinski definition) is 6. The van der Waals surface area contributed by atoms with Gasteiger partial charge >= 0.3 is 5.97 Å². The number of aromatic nitrogens is 2. The van der Waals surface area contributed by atoms with Gasteiger partial charge in [-0.15, -0.1) is 10.2 Å². The molecule has 0 saturated heterocycles. The van der Waals surface area contributed by atoms with Crippen LogP contribution in [0.1, 0.15) is 10.5 Å². The Morgan fingerprint density at radius 2 is 1.95 bits per heavy atom. The molecule has 104 valence electrons. The first-order valence-electron chi connectivity index (χ1n) is 5.70. The highest BCUT2D eigenvalue weighted by Gasteiger charge is 2.08. The van der Waals surface area contributed by atoms with Gasteiger partial charge in [0, 0.05) is 6.07 Å². The summed E-state index contributed by atoms with van der Waals surface area (Å²) in [5.74, 6) is 0.544. The molecule has 2 rings (SSSR count). The van der Waals surface area contributed by atoms with Crippen molar-refractivity contribution in [2.24, 2.45) is 0 Å². The molecule has 7 heteroatoms. The molecule has 0 aliphatic heterocycles. The molecule has 1 aromatic heterocycles. The molecular formula is C13H13N3O4. The van der Waals surface area contributed by atoms with Crippen molar-refractivity contribution in [3.05, 3.63) is 36.0 Å². The zero-order valence-electron chi connectivity index (χ0n) is 11.0. The monoisotopic (exact) mass is 275 g/mol. The summed E-state index contributed by atoms with van der Waals surface area (Å²) in [5, 5.41) is 19.1. The number of nitrogens with zero attached hydrogens (tertiary/aromatic N) is 2. The first-order chi connectivity index (χ1) is 9.63. The number of hydrogen-bond donors (Lipinski definition) is 2. The van der Waals surface area contributed by atoms with E-state index in [2.05, 4.69) is 15.5 Å². The highest BCUT2D eigenvalue weighted by atomic mass is 16.5. The second kappa shape index (κ2) is 5.87. The van der Waals surface area contributed by atoms with Crippen molar-refractivity contribution < 1.29 is 19.4 Å². The molecule has 1 heterocycles. The number of nitrogens with one attached hydrogen (secondary N) is 1. The highest BCUT2D eigenvalue weighted by Crippen LogP contribution is 2.30. The Kier molecular flexibility index (Phi) is 3.99. The molecule has 0 saturated carbocycles. The Hall–Kier alpha value is -2.83. The van der Waals surface area contributed by atoms with Crippen LogP contribution in [0.5, 0.6) is 11.5 Å². The predicted molar refractivity (Wildman–Crippen MR) is 71.8 cm³/mol. The topological polar surface area (TPSA) is 93.6 Å². The fourth-order valence-corrected chi connectivity index (χ4v) is 1.56. The average Bonchev–Trinajstić information content (AvgIpc) is 2.47. The van der Waals surface area contributed by atoms with Gasteiger partial charge in [0.15, 0.2) is 11.5 Å². The lowest BCUT2D eigenvalue weighted by molar-refractivity contribution is 0.0689. The largest absolute Gasteiger partial charge is 0.497 e.